The number of aromatic nitrogens is 1. The Bertz CT molecular complexity index is 313. The smallest absolute Gasteiger partial charge is 0.320 e. The first-order chi connectivity index (χ1) is 6.72. The molecular formula is C9H10N3O2. The zero-order valence-electron chi connectivity index (χ0n) is 7.65. The van der Waals surface area contributed by atoms with E-state index in [0.717, 1.165) is 0 Å². The molecular weight excluding hydrogens is 182 g/mol. The van der Waals surface area contributed by atoms with Crippen LogP contribution in [0.1, 0.15) is 6.92 Å². The minimum absolute atomic E-state index is 0.433. The van der Waals surface area contributed by atoms with Gasteiger partial charge in [-0.05, 0) is 19.1 Å². The van der Waals surface area contributed by atoms with Crippen molar-refractivity contribution in [2.24, 2.45) is 0 Å². The third-order valence-corrected chi connectivity index (χ3v) is 1.43. The predicted molar refractivity (Wildman–Crippen MR) is 51.5 cm³/mol. The maximum atomic E-state index is 11.1. The van der Waals surface area contributed by atoms with E-state index in [-0.39, 0.29) is 0 Å². The number of pyridine rings is 1. The van der Waals surface area contributed by atoms with Gasteiger partial charge in [0.2, 0.25) is 6.29 Å². The molecule has 5 nitrogen and oxygen atoms in total. The molecule has 0 spiro atoms. The molecule has 1 aromatic rings. The summed E-state index contributed by atoms with van der Waals surface area (Å²) in [7, 11) is 0. The van der Waals surface area contributed by atoms with Gasteiger partial charge in [0, 0.05) is 6.20 Å². The fourth-order valence-electron chi connectivity index (χ4n) is 0.815. The number of hydrogen-bond acceptors (Lipinski definition) is 3. The molecule has 0 unspecified atom stereocenters. The molecule has 1 aromatic heterocycles. The van der Waals surface area contributed by atoms with Gasteiger partial charge in [-0.2, -0.15) is 0 Å². The number of rotatable bonds is 3. The van der Waals surface area contributed by atoms with Crippen LogP contribution in [-0.2, 0) is 4.79 Å². The second-order valence-corrected chi connectivity index (χ2v) is 2.65. The van der Waals surface area contributed by atoms with Gasteiger partial charge in [0.1, 0.15) is 5.82 Å². The quantitative estimate of drug-likeness (QED) is 0.740. The molecule has 1 atom stereocenters. The lowest BCUT2D eigenvalue weighted by molar-refractivity contribution is 0.251. The van der Waals surface area contributed by atoms with E-state index in [0.29, 0.717) is 5.82 Å². The van der Waals surface area contributed by atoms with Crippen molar-refractivity contribution in [1.29, 1.82) is 0 Å². The zero-order valence-corrected chi connectivity index (χ0v) is 7.65. The van der Waals surface area contributed by atoms with Crippen molar-refractivity contribution in [3.63, 3.8) is 0 Å². The lowest BCUT2D eigenvalue weighted by atomic mass is 10.4. The number of urea groups is 1. The number of hydrogen-bond donors (Lipinski definition) is 2. The van der Waals surface area contributed by atoms with Crippen molar-refractivity contribution in [3.8, 4) is 0 Å². The van der Waals surface area contributed by atoms with Gasteiger partial charge < -0.3 is 5.32 Å². The highest BCUT2D eigenvalue weighted by atomic mass is 16.2. The van der Waals surface area contributed by atoms with E-state index < -0.39 is 12.1 Å². The number of anilines is 1. The van der Waals surface area contributed by atoms with Gasteiger partial charge in [0.15, 0.2) is 0 Å². The van der Waals surface area contributed by atoms with E-state index in [1.807, 2.05) is 0 Å². The van der Waals surface area contributed by atoms with Crippen LogP contribution in [0.2, 0.25) is 0 Å². The van der Waals surface area contributed by atoms with Crippen molar-refractivity contribution in [3.05, 3.63) is 24.4 Å². The Morgan fingerprint density at radius 3 is 2.93 bits per heavy atom. The molecule has 1 rings (SSSR count). The van der Waals surface area contributed by atoms with Crippen LogP contribution in [-0.4, -0.2) is 23.3 Å². The highest BCUT2D eigenvalue weighted by molar-refractivity contribution is 5.89. The largest absolute Gasteiger partial charge is 0.328 e. The third-order valence-electron chi connectivity index (χ3n) is 1.43. The molecule has 0 saturated carbocycles. The molecule has 73 valence electrons. The van der Waals surface area contributed by atoms with E-state index in [2.05, 4.69) is 15.6 Å². The molecule has 0 aliphatic heterocycles. The summed E-state index contributed by atoms with van der Waals surface area (Å²) in [5, 5.41) is 4.83. The summed E-state index contributed by atoms with van der Waals surface area (Å²) in [5.41, 5.74) is 0. The summed E-state index contributed by atoms with van der Waals surface area (Å²) in [6.07, 6.45) is 3.20. The average molecular weight is 192 g/mol. The first-order valence-corrected chi connectivity index (χ1v) is 4.08. The van der Waals surface area contributed by atoms with Crippen LogP contribution >= 0.6 is 0 Å². The molecule has 0 aromatic carbocycles. The number of carbonyl (C=O) groups is 1. The lowest BCUT2D eigenvalue weighted by Gasteiger charge is -2.07. The maximum absolute atomic E-state index is 11.1. The van der Waals surface area contributed by atoms with Crippen LogP contribution in [0, 0.1) is 0 Å². The second kappa shape index (κ2) is 4.96. The molecule has 1 heterocycles. The van der Waals surface area contributed by atoms with Crippen molar-refractivity contribution in [2.75, 3.05) is 5.32 Å². The Morgan fingerprint density at radius 2 is 2.36 bits per heavy atom. The third kappa shape index (κ3) is 3.22. The molecule has 0 saturated heterocycles. The van der Waals surface area contributed by atoms with Crippen molar-refractivity contribution in [1.82, 2.24) is 10.3 Å². The molecule has 1 radical (unpaired) electrons. The lowest BCUT2D eigenvalue weighted by Crippen LogP contribution is -2.37. The molecule has 2 N–H and O–H groups in total. The minimum Gasteiger partial charge on any atom is -0.328 e. The van der Waals surface area contributed by atoms with E-state index in [1.54, 1.807) is 30.7 Å². The van der Waals surface area contributed by atoms with Crippen molar-refractivity contribution in [2.45, 2.75) is 13.0 Å². The van der Waals surface area contributed by atoms with Gasteiger partial charge >= 0.3 is 6.03 Å². The van der Waals surface area contributed by atoms with E-state index in [9.17, 15) is 9.59 Å². The van der Waals surface area contributed by atoms with Crippen LogP contribution in [0.3, 0.4) is 0 Å². The zero-order chi connectivity index (χ0) is 10.4. The molecule has 14 heavy (non-hydrogen) atoms. The van der Waals surface area contributed by atoms with Crippen LogP contribution in [0.15, 0.2) is 24.4 Å². The molecule has 0 bridgehead atoms. The molecule has 5 heteroatoms. The van der Waals surface area contributed by atoms with Gasteiger partial charge in [-0.15, -0.1) is 0 Å². The Hall–Kier alpha value is -1.91. The normalized spacial score (nSPS) is 11.5. The molecule has 0 fully saturated rings. The fourth-order valence-corrected chi connectivity index (χ4v) is 0.815. The highest BCUT2D eigenvalue weighted by Crippen LogP contribution is 1.98. The Morgan fingerprint density at radius 1 is 1.57 bits per heavy atom. The van der Waals surface area contributed by atoms with E-state index in [1.165, 1.54) is 6.92 Å². The minimum atomic E-state index is -0.626. The number of carbonyl (C=O) groups excluding carboxylic acids is 2. The first-order valence-electron chi connectivity index (χ1n) is 4.08. The van der Waals surface area contributed by atoms with E-state index in [4.69, 9.17) is 0 Å². The van der Waals surface area contributed by atoms with E-state index >= 15 is 0 Å². The summed E-state index contributed by atoms with van der Waals surface area (Å²) in [4.78, 5) is 25.1. The summed E-state index contributed by atoms with van der Waals surface area (Å²) < 4.78 is 0. The van der Waals surface area contributed by atoms with Gasteiger partial charge in [0.25, 0.3) is 0 Å². The number of nitrogens with one attached hydrogen (secondary N) is 2. The van der Waals surface area contributed by atoms with Crippen LogP contribution in [0.5, 0.6) is 0 Å². The molecule has 2 amide bonds. The van der Waals surface area contributed by atoms with Crippen LogP contribution in [0.25, 0.3) is 0 Å². The highest BCUT2D eigenvalue weighted by Gasteiger charge is 2.06. The molecule has 0 aliphatic carbocycles. The summed E-state index contributed by atoms with van der Waals surface area (Å²) in [6, 6.07) is 4.04. The maximum Gasteiger partial charge on any atom is 0.320 e. The van der Waals surface area contributed by atoms with Gasteiger partial charge in [-0.3, -0.25) is 10.1 Å². The summed E-state index contributed by atoms with van der Waals surface area (Å²) in [6.45, 7) is 1.53. The summed E-state index contributed by atoms with van der Waals surface area (Å²) in [5.74, 6) is 0.433. The Kier molecular flexibility index (Phi) is 3.60. The summed E-state index contributed by atoms with van der Waals surface area (Å²) >= 11 is 0. The predicted octanol–water partition coefficient (Wildman–Crippen LogP) is 0.701. The number of amides is 2. The second-order valence-electron chi connectivity index (χ2n) is 2.65. The topological polar surface area (TPSA) is 71.1 Å². The molecule has 0 aliphatic rings. The first kappa shape index (κ1) is 10.2. The van der Waals surface area contributed by atoms with Crippen LogP contribution in [0.4, 0.5) is 10.6 Å². The van der Waals surface area contributed by atoms with Crippen molar-refractivity contribution < 1.29 is 9.59 Å². The SMILES string of the molecule is C[C@@H]([C]=O)NC(=O)Nc1ccccn1. The van der Waals surface area contributed by atoms with Crippen molar-refractivity contribution >= 4 is 18.1 Å². The van der Waals surface area contributed by atoms with Gasteiger partial charge in [-0.1, -0.05) is 6.07 Å². The van der Waals surface area contributed by atoms with Crippen LogP contribution < -0.4 is 10.6 Å². The monoisotopic (exact) mass is 192 g/mol. The Balaban J connectivity index is 2.46. The Labute approximate surface area is 81.5 Å². The standard InChI is InChI=1S/C9H10N3O2/c1-7(6-13)11-9(14)12-8-4-2-3-5-10-8/h2-5,7H,1H3,(H2,10,11,12,14)/t7-/m0/s1. The van der Waals surface area contributed by atoms with Gasteiger partial charge in [-0.25, -0.2) is 9.78 Å². The fraction of sp³-hybridized carbons (Fsp3) is 0.222. The van der Waals surface area contributed by atoms with Gasteiger partial charge in [0.05, 0.1) is 6.04 Å². The average Bonchev–Trinajstić information content (AvgIpc) is 2.19. The number of nitrogens with zero attached hydrogens (tertiary/aromatic N) is 1.